The highest BCUT2D eigenvalue weighted by Gasteiger charge is 2.23. The van der Waals surface area contributed by atoms with E-state index in [-0.39, 0.29) is 0 Å². The maximum Gasteiger partial charge on any atom is 0.112 e. The number of aromatic nitrogens is 2. The summed E-state index contributed by atoms with van der Waals surface area (Å²) in [6.07, 6.45) is 2.52. The Bertz CT molecular complexity index is 569. The Hall–Kier alpha value is -1.09. The fourth-order valence-electron chi connectivity index (χ4n) is 2.85. The zero-order valence-electron chi connectivity index (χ0n) is 10.8. The van der Waals surface area contributed by atoms with Crippen LogP contribution in [0.2, 0.25) is 0 Å². The number of hydrogen-bond donors (Lipinski definition) is 0. The molecule has 1 unspecified atom stereocenters. The molecule has 0 radical (unpaired) electrons. The first kappa shape index (κ1) is 12.0. The lowest BCUT2D eigenvalue weighted by Gasteiger charge is -2.21. The van der Waals surface area contributed by atoms with Crippen molar-refractivity contribution in [3.8, 4) is 11.3 Å². The van der Waals surface area contributed by atoms with E-state index in [2.05, 4.69) is 58.6 Å². The van der Waals surface area contributed by atoms with Gasteiger partial charge in [-0.2, -0.15) is 0 Å². The molecule has 0 amide bonds. The van der Waals surface area contributed by atoms with Gasteiger partial charge in [0.15, 0.2) is 0 Å². The SMILES string of the molecule is Cc1nc2n(c1-c1ccc(Br)cc1)CCCC2C. The number of benzene rings is 1. The average molecular weight is 305 g/mol. The summed E-state index contributed by atoms with van der Waals surface area (Å²) in [5.74, 6) is 1.85. The van der Waals surface area contributed by atoms with Crippen LogP contribution in [0.4, 0.5) is 0 Å². The zero-order chi connectivity index (χ0) is 12.7. The highest BCUT2D eigenvalue weighted by molar-refractivity contribution is 9.10. The third-order valence-electron chi connectivity index (χ3n) is 3.75. The lowest BCUT2D eigenvalue weighted by Crippen LogP contribution is -2.14. The smallest absolute Gasteiger partial charge is 0.112 e. The Balaban J connectivity index is 2.15. The van der Waals surface area contributed by atoms with Crippen LogP contribution in [-0.4, -0.2) is 9.55 Å². The molecule has 0 spiro atoms. The second-order valence-electron chi connectivity index (χ2n) is 5.11. The number of nitrogens with zero attached hydrogens (tertiary/aromatic N) is 2. The molecule has 0 N–H and O–H groups in total. The first-order valence-corrected chi connectivity index (χ1v) is 7.29. The minimum atomic E-state index is 0.585. The predicted octanol–water partition coefficient (Wildman–Crippen LogP) is 4.52. The predicted molar refractivity (Wildman–Crippen MR) is 77.7 cm³/mol. The van der Waals surface area contributed by atoms with E-state index in [0.29, 0.717) is 5.92 Å². The van der Waals surface area contributed by atoms with Gasteiger partial charge in [0, 0.05) is 22.5 Å². The van der Waals surface area contributed by atoms with Crippen LogP contribution in [0.15, 0.2) is 28.7 Å². The van der Waals surface area contributed by atoms with Gasteiger partial charge in [0.05, 0.1) is 11.4 Å². The van der Waals surface area contributed by atoms with E-state index in [1.54, 1.807) is 0 Å². The first-order chi connectivity index (χ1) is 8.66. The lowest BCUT2D eigenvalue weighted by molar-refractivity contribution is 0.466. The molecule has 1 aromatic heterocycles. The third-order valence-corrected chi connectivity index (χ3v) is 4.28. The van der Waals surface area contributed by atoms with Crippen molar-refractivity contribution in [2.45, 2.75) is 39.2 Å². The fraction of sp³-hybridized carbons (Fsp3) is 0.400. The summed E-state index contributed by atoms with van der Waals surface area (Å²) in [6, 6.07) is 8.53. The van der Waals surface area contributed by atoms with Gasteiger partial charge in [-0.15, -0.1) is 0 Å². The van der Waals surface area contributed by atoms with Crippen LogP contribution in [0.5, 0.6) is 0 Å². The second kappa shape index (κ2) is 4.54. The molecule has 0 saturated carbocycles. The minimum Gasteiger partial charge on any atom is -0.328 e. The maximum atomic E-state index is 4.78. The van der Waals surface area contributed by atoms with E-state index in [1.807, 2.05) is 0 Å². The molecular formula is C15H17BrN2. The molecule has 2 aromatic rings. The average Bonchev–Trinajstić information content (AvgIpc) is 2.69. The topological polar surface area (TPSA) is 17.8 Å². The van der Waals surface area contributed by atoms with Crippen LogP contribution in [0.25, 0.3) is 11.3 Å². The fourth-order valence-corrected chi connectivity index (χ4v) is 3.12. The largest absolute Gasteiger partial charge is 0.328 e. The molecule has 3 rings (SSSR count). The Kier molecular flexibility index (Phi) is 3.02. The van der Waals surface area contributed by atoms with Crippen molar-refractivity contribution >= 4 is 15.9 Å². The van der Waals surface area contributed by atoms with Crippen molar-refractivity contribution in [2.75, 3.05) is 0 Å². The summed E-state index contributed by atoms with van der Waals surface area (Å²) in [5, 5.41) is 0. The molecule has 1 atom stereocenters. The number of rotatable bonds is 1. The minimum absolute atomic E-state index is 0.585. The van der Waals surface area contributed by atoms with E-state index in [4.69, 9.17) is 4.98 Å². The Morgan fingerprint density at radius 1 is 1.28 bits per heavy atom. The summed E-state index contributed by atoms with van der Waals surface area (Å²) in [5.41, 5.74) is 3.72. The normalized spacial score (nSPS) is 18.7. The van der Waals surface area contributed by atoms with Crippen LogP contribution in [0.1, 0.15) is 37.2 Å². The van der Waals surface area contributed by atoms with Gasteiger partial charge >= 0.3 is 0 Å². The monoisotopic (exact) mass is 304 g/mol. The molecule has 94 valence electrons. The van der Waals surface area contributed by atoms with Gasteiger partial charge in [0.1, 0.15) is 5.82 Å². The van der Waals surface area contributed by atoms with Gasteiger partial charge < -0.3 is 4.57 Å². The van der Waals surface area contributed by atoms with Crippen LogP contribution in [-0.2, 0) is 6.54 Å². The van der Waals surface area contributed by atoms with E-state index in [9.17, 15) is 0 Å². The molecule has 18 heavy (non-hydrogen) atoms. The summed E-state index contributed by atoms with van der Waals surface area (Å²) >= 11 is 3.49. The molecule has 0 aliphatic carbocycles. The van der Waals surface area contributed by atoms with Crippen molar-refractivity contribution in [3.05, 3.63) is 40.3 Å². The maximum absolute atomic E-state index is 4.78. The Morgan fingerprint density at radius 2 is 2.00 bits per heavy atom. The number of imidazole rings is 1. The van der Waals surface area contributed by atoms with Crippen LogP contribution >= 0.6 is 15.9 Å². The van der Waals surface area contributed by atoms with Gasteiger partial charge in [0.2, 0.25) is 0 Å². The van der Waals surface area contributed by atoms with Crippen molar-refractivity contribution in [3.63, 3.8) is 0 Å². The Labute approximate surface area is 116 Å². The standard InChI is InChI=1S/C15H17BrN2/c1-10-4-3-9-18-14(11(2)17-15(10)18)12-5-7-13(16)8-6-12/h5-8,10H,3-4,9H2,1-2H3. The molecular weight excluding hydrogens is 288 g/mol. The van der Waals surface area contributed by atoms with Crippen molar-refractivity contribution < 1.29 is 0 Å². The Morgan fingerprint density at radius 3 is 2.72 bits per heavy atom. The van der Waals surface area contributed by atoms with Crippen LogP contribution in [0.3, 0.4) is 0 Å². The molecule has 2 nitrogen and oxygen atoms in total. The second-order valence-corrected chi connectivity index (χ2v) is 6.02. The van der Waals surface area contributed by atoms with Gasteiger partial charge in [-0.1, -0.05) is 35.0 Å². The van der Waals surface area contributed by atoms with E-state index < -0.39 is 0 Å². The quantitative estimate of drug-likeness (QED) is 0.757. The highest BCUT2D eigenvalue weighted by atomic mass is 79.9. The first-order valence-electron chi connectivity index (χ1n) is 6.50. The zero-order valence-corrected chi connectivity index (χ0v) is 12.4. The van der Waals surface area contributed by atoms with E-state index in [1.165, 1.54) is 29.9 Å². The number of fused-ring (bicyclic) bond motifs is 1. The molecule has 2 heterocycles. The molecule has 0 saturated heterocycles. The van der Waals surface area contributed by atoms with E-state index >= 15 is 0 Å². The van der Waals surface area contributed by atoms with Gasteiger partial charge in [-0.05, 0) is 31.9 Å². The highest BCUT2D eigenvalue weighted by Crippen LogP contribution is 2.33. The van der Waals surface area contributed by atoms with Crippen molar-refractivity contribution in [2.24, 2.45) is 0 Å². The third kappa shape index (κ3) is 1.91. The lowest BCUT2D eigenvalue weighted by atomic mass is 10.0. The number of hydrogen-bond acceptors (Lipinski definition) is 1. The van der Waals surface area contributed by atoms with Gasteiger partial charge in [0.25, 0.3) is 0 Å². The number of halogens is 1. The van der Waals surface area contributed by atoms with E-state index in [0.717, 1.165) is 16.7 Å². The molecule has 0 bridgehead atoms. The molecule has 0 fully saturated rings. The van der Waals surface area contributed by atoms with Crippen molar-refractivity contribution in [1.82, 2.24) is 9.55 Å². The summed E-state index contributed by atoms with van der Waals surface area (Å²) in [6.45, 7) is 5.50. The molecule has 1 aliphatic rings. The molecule has 1 aliphatic heterocycles. The molecule has 1 aromatic carbocycles. The van der Waals surface area contributed by atoms with Crippen LogP contribution < -0.4 is 0 Å². The summed E-state index contributed by atoms with van der Waals surface area (Å²) in [4.78, 5) is 4.78. The number of aryl methyl sites for hydroxylation is 1. The summed E-state index contributed by atoms with van der Waals surface area (Å²) in [7, 11) is 0. The van der Waals surface area contributed by atoms with Crippen LogP contribution in [0, 0.1) is 6.92 Å². The van der Waals surface area contributed by atoms with Crippen molar-refractivity contribution in [1.29, 1.82) is 0 Å². The van der Waals surface area contributed by atoms with Gasteiger partial charge in [-0.25, -0.2) is 4.98 Å². The summed E-state index contributed by atoms with van der Waals surface area (Å²) < 4.78 is 3.53. The molecule has 3 heteroatoms. The van der Waals surface area contributed by atoms with Gasteiger partial charge in [-0.3, -0.25) is 0 Å².